The third kappa shape index (κ3) is 1.63. The average molecular weight is 275 g/mol. The number of aromatic amines is 1. The molecule has 1 fully saturated rings. The van der Waals surface area contributed by atoms with Gasteiger partial charge in [0.05, 0.1) is 11.8 Å². The van der Waals surface area contributed by atoms with Crippen molar-refractivity contribution in [2.45, 2.75) is 31.6 Å². The van der Waals surface area contributed by atoms with Crippen LogP contribution in [0.2, 0.25) is 0 Å². The molecular weight excluding hydrogens is 262 g/mol. The molecule has 7 nitrogen and oxygen atoms in total. The van der Waals surface area contributed by atoms with Crippen LogP contribution in [0.25, 0.3) is 15.5 Å². The highest BCUT2D eigenvalue weighted by Crippen LogP contribution is 2.35. The van der Waals surface area contributed by atoms with Crippen molar-refractivity contribution in [3.05, 3.63) is 12.0 Å². The predicted octanol–water partition coefficient (Wildman–Crippen LogP) is 1.82. The monoisotopic (exact) mass is 275 g/mol. The van der Waals surface area contributed by atoms with Gasteiger partial charge in [-0.05, 0) is 12.8 Å². The van der Waals surface area contributed by atoms with Gasteiger partial charge in [-0.15, -0.1) is 10.2 Å². The summed E-state index contributed by atoms with van der Waals surface area (Å²) in [6, 6.07) is 0. The lowest BCUT2D eigenvalue weighted by atomic mass is 10.1. The van der Waals surface area contributed by atoms with Crippen LogP contribution in [0, 0.1) is 0 Å². The molecule has 0 saturated heterocycles. The van der Waals surface area contributed by atoms with Crippen LogP contribution >= 0.6 is 11.3 Å². The van der Waals surface area contributed by atoms with Gasteiger partial charge in [0.25, 0.3) is 0 Å². The minimum atomic E-state index is 0.492. The van der Waals surface area contributed by atoms with Gasteiger partial charge in [0.15, 0.2) is 10.8 Å². The minimum Gasteiger partial charge on any atom is -0.383 e. The second kappa shape index (κ2) is 4.02. The van der Waals surface area contributed by atoms with Crippen LogP contribution < -0.4 is 5.73 Å². The van der Waals surface area contributed by atoms with Crippen molar-refractivity contribution in [3.8, 4) is 10.6 Å². The van der Waals surface area contributed by atoms with Crippen molar-refractivity contribution in [1.29, 1.82) is 0 Å². The lowest BCUT2D eigenvalue weighted by Crippen LogP contribution is -2.01. The van der Waals surface area contributed by atoms with E-state index in [2.05, 4.69) is 25.5 Å². The smallest absolute Gasteiger partial charge is 0.234 e. The quantitative estimate of drug-likeness (QED) is 0.743. The first-order valence-electron chi connectivity index (χ1n) is 6.34. The van der Waals surface area contributed by atoms with Crippen LogP contribution in [0.15, 0.2) is 6.20 Å². The van der Waals surface area contributed by atoms with Crippen LogP contribution in [0.3, 0.4) is 0 Å². The van der Waals surface area contributed by atoms with E-state index in [1.54, 1.807) is 6.20 Å². The maximum Gasteiger partial charge on any atom is 0.234 e. The fourth-order valence-corrected chi connectivity index (χ4v) is 3.52. The normalized spacial score (nSPS) is 16.6. The van der Waals surface area contributed by atoms with Crippen molar-refractivity contribution in [1.82, 2.24) is 30.0 Å². The predicted molar refractivity (Wildman–Crippen MR) is 71.9 cm³/mol. The first-order valence-corrected chi connectivity index (χ1v) is 7.16. The molecule has 0 atom stereocenters. The van der Waals surface area contributed by atoms with Crippen LogP contribution in [0.4, 0.5) is 5.82 Å². The second-order valence-electron chi connectivity index (χ2n) is 4.84. The van der Waals surface area contributed by atoms with E-state index in [1.807, 2.05) is 4.52 Å². The largest absolute Gasteiger partial charge is 0.383 e. The summed E-state index contributed by atoms with van der Waals surface area (Å²) in [6.07, 6.45) is 6.59. The molecule has 0 bridgehead atoms. The molecular formula is C11H13N7S. The number of hydrogen-bond acceptors (Lipinski definition) is 6. The molecule has 1 aliphatic carbocycles. The molecule has 0 aliphatic heterocycles. The van der Waals surface area contributed by atoms with Crippen molar-refractivity contribution < 1.29 is 0 Å². The molecule has 1 saturated carbocycles. The summed E-state index contributed by atoms with van der Waals surface area (Å²) in [5, 5.41) is 20.6. The zero-order valence-corrected chi connectivity index (χ0v) is 11.0. The Bertz CT molecular complexity index is 718. The van der Waals surface area contributed by atoms with Crippen molar-refractivity contribution >= 4 is 22.1 Å². The molecule has 98 valence electrons. The minimum absolute atomic E-state index is 0.492. The van der Waals surface area contributed by atoms with E-state index >= 15 is 0 Å². The summed E-state index contributed by atoms with van der Waals surface area (Å²) in [5.74, 6) is 2.01. The van der Waals surface area contributed by atoms with Gasteiger partial charge in [0.2, 0.25) is 4.96 Å². The maximum absolute atomic E-state index is 5.83. The number of nitrogens with zero attached hydrogens (tertiary/aromatic N) is 5. The first kappa shape index (κ1) is 10.9. The number of hydrogen-bond donors (Lipinski definition) is 2. The van der Waals surface area contributed by atoms with Gasteiger partial charge < -0.3 is 5.73 Å². The fraction of sp³-hybridized carbons (Fsp3) is 0.455. The van der Waals surface area contributed by atoms with Crippen LogP contribution in [-0.4, -0.2) is 30.0 Å². The molecule has 3 heterocycles. The number of H-pyrrole nitrogens is 1. The van der Waals surface area contributed by atoms with Gasteiger partial charge in [0, 0.05) is 5.92 Å². The highest BCUT2D eigenvalue weighted by Gasteiger charge is 2.24. The number of nitrogens with two attached hydrogens (primary N) is 1. The molecule has 0 aromatic carbocycles. The van der Waals surface area contributed by atoms with E-state index in [-0.39, 0.29) is 0 Å². The summed E-state index contributed by atoms with van der Waals surface area (Å²) in [6.45, 7) is 0. The van der Waals surface area contributed by atoms with E-state index < -0.39 is 0 Å². The van der Waals surface area contributed by atoms with Gasteiger partial charge in [-0.2, -0.15) is 14.7 Å². The Kier molecular flexibility index (Phi) is 2.31. The fourth-order valence-electron chi connectivity index (χ4n) is 2.65. The highest BCUT2D eigenvalue weighted by atomic mass is 32.1. The van der Waals surface area contributed by atoms with E-state index in [0.717, 1.165) is 21.4 Å². The summed E-state index contributed by atoms with van der Waals surface area (Å²) in [4.78, 5) is 0.817. The molecule has 0 amide bonds. The van der Waals surface area contributed by atoms with E-state index in [9.17, 15) is 0 Å². The number of nitrogens with one attached hydrogen (secondary N) is 1. The Morgan fingerprint density at radius 3 is 2.89 bits per heavy atom. The van der Waals surface area contributed by atoms with Gasteiger partial charge >= 0.3 is 0 Å². The third-order valence-corrected chi connectivity index (χ3v) is 4.57. The number of anilines is 1. The van der Waals surface area contributed by atoms with E-state index in [4.69, 9.17) is 5.73 Å². The Morgan fingerprint density at radius 2 is 2.16 bits per heavy atom. The summed E-state index contributed by atoms with van der Waals surface area (Å²) >= 11 is 1.49. The van der Waals surface area contributed by atoms with Crippen LogP contribution in [-0.2, 0) is 0 Å². The van der Waals surface area contributed by atoms with Gasteiger partial charge in [0.1, 0.15) is 5.82 Å². The first-order chi connectivity index (χ1) is 9.33. The Balaban J connectivity index is 1.82. The highest BCUT2D eigenvalue weighted by molar-refractivity contribution is 7.19. The molecule has 3 aromatic rings. The number of fused-ring (bicyclic) bond motifs is 1. The Morgan fingerprint density at radius 1 is 1.32 bits per heavy atom. The number of nitrogen functional groups attached to an aromatic ring is 1. The van der Waals surface area contributed by atoms with Gasteiger partial charge in [-0.3, -0.25) is 5.10 Å². The van der Waals surface area contributed by atoms with Gasteiger partial charge in [-0.25, -0.2) is 0 Å². The Hall–Kier alpha value is -1.96. The molecule has 0 radical (unpaired) electrons. The molecule has 3 aromatic heterocycles. The summed E-state index contributed by atoms with van der Waals surface area (Å²) in [7, 11) is 0. The number of rotatable bonds is 2. The SMILES string of the molecule is Nc1[nH]ncc1-c1nn2c(C3CCCC3)nnc2s1. The molecule has 3 N–H and O–H groups in total. The number of aromatic nitrogens is 6. The summed E-state index contributed by atoms with van der Waals surface area (Å²) < 4.78 is 1.86. The van der Waals surface area contributed by atoms with Crippen molar-refractivity contribution in [2.24, 2.45) is 0 Å². The van der Waals surface area contributed by atoms with E-state index in [0.29, 0.717) is 11.7 Å². The second-order valence-corrected chi connectivity index (χ2v) is 5.79. The van der Waals surface area contributed by atoms with Crippen LogP contribution in [0.1, 0.15) is 37.4 Å². The van der Waals surface area contributed by atoms with E-state index in [1.165, 1.54) is 37.0 Å². The molecule has 4 rings (SSSR count). The topological polar surface area (TPSA) is 97.8 Å². The standard InChI is InChI=1S/C11H13N7S/c12-8-7(5-13-14-8)10-17-18-9(6-3-1-2-4-6)15-16-11(18)19-10/h5-6H,1-4H2,(H3,12,13,14). The maximum atomic E-state index is 5.83. The van der Waals surface area contributed by atoms with Crippen LogP contribution in [0.5, 0.6) is 0 Å². The molecule has 1 aliphatic rings. The molecule has 19 heavy (non-hydrogen) atoms. The third-order valence-electron chi connectivity index (χ3n) is 3.63. The zero-order valence-electron chi connectivity index (χ0n) is 10.2. The van der Waals surface area contributed by atoms with Gasteiger partial charge in [-0.1, -0.05) is 24.2 Å². The van der Waals surface area contributed by atoms with Crippen molar-refractivity contribution in [3.63, 3.8) is 0 Å². The zero-order chi connectivity index (χ0) is 12.8. The lowest BCUT2D eigenvalue weighted by molar-refractivity contribution is 0.641. The lowest BCUT2D eigenvalue weighted by Gasteiger charge is -2.03. The summed E-state index contributed by atoms with van der Waals surface area (Å²) in [5.41, 5.74) is 6.65. The Labute approximate surface area is 112 Å². The molecule has 0 unspecified atom stereocenters. The molecule has 0 spiro atoms. The van der Waals surface area contributed by atoms with Crippen molar-refractivity contribution in [2.75, 3.05) is 5.73 Å². The average Bonchev–Trinajstić information content (AvgIpc) is 3.10. The molecule has 8 heteroatoms.